The monoisotopic (exact) mass is 385 g/mol. The van der Waals surface area contributed by atoms with E-state index in [1.165, 1.54) is 23.7 Å². The molecule has 0 saturated carbocycles. The summed E-state index contributed by atoms with van der Waals surface area (Å²) in [6, 6.07) is 12.5. The van der Waals surface area contributed by atoms with Crippen LogP contribution in [0, 0.1) is 5.82 Å². The lowest BCUT2D eigenvalue weighted by atomic mass is 10.1. The van der Waals surface area contributed by atoms with Gasteiger partial charge in [0.05, 0.1) is 10.9 Å². The van der Waals surface area contributed by atoms with Crippen molar-refractivity contribution in [2.24, 2.45) is 0 Å². The molecule has 1 atom stereocenters. The third-order valence-corrected chi connectivity index (χ3v) is 4.74. The zero-order valence-electron chi connectivity index (χ0n) is 14.6. The Bertz CT molecular complexity index is 974. The predicted molar refractivity (Wildman–Crippen MR) is 99.5 cm³/mol. The summed E-state index contributed by atoms with van der Waals surface area (Å²) in [5.41, 5.74) is 1.63. The minimum atomic E-state index is -0.504. The van der Waals surface area contributed by atoms with Gasteiger partial charge in [0.25, 0.3) is 0 Å². The maximum absolute atomic E-state index is 13.4. The molecule has 0 spiro atoms. The minimum Gasteiger partial charge on any atom is -0.325 e. The number of hydrogen-bond donors (Lipinski definition) is 1. The second-order valence-electron chi connectivity index (χ2n) is 5.74. The molecule has 1 aromatic heterocycles. The van der Waals surface area contributed by atoms with Gasteiger partial charge < -0.3 is 5.32 Å². The number of amides is 1. The summed E-state index contributed by atoms with van der Waals surface area (Å²) in [6.45, 7) is 3.20. The Morgan fingerprint density at radius 3 is 2.59 bits per heavy atom. The van der Waals surface area contributed by atoms with Crippen LogP contribution in [0.5, 0.6) is 0 Å². The third kappa shape index (κ3) is 4.56. The molecule has 3 rings (SSSR count). The van der Waals surface area contributed by atoms with Crippen LogP contribution in [-0.2, 0) is 4.79 Å². The smallest absolute Gasteiger partial charge is 0.237 e. The van der Waals surface area contributed by atoms with Crippen LogP contribution in [0.15, 0.2) is 53.7 Å². The number of ketones is 1. The fraction of sp³-hybridized carbons (Fsp3) is 0.167. The molecule has 0 aliphatic heterocycles. The molecule has 27 heavy (non-hydrogen) atoms. The Morgan fingerprint density at radius 2 is 1.93 bits per heavy atom. The highest BCUT2D eigenvalue weighted by Gasteiger charge is 2.19. The van der Waals surface area contributed by atoms with Gasteiger partial charge in [-0.2, -0.15) is 4.68 Å². The number of rotatable bonds is 6. The van der Waals surface area contributed by atoms with Gasteiger partial charge in [0, 0.05) is 11.3 Å². The Kier molecular flexibility index (Phi) is 5.60. The summed E-state index contributed by atoms with van der Waals surface area (Å²) in [7, 11) is 0. The molecule has 0 saturated heterocycles. The van der Waals surface area contributed by atoms with Crippen LogP contribution in [0.4, 0.5) is 10.1 Å². The molecule has 0 fully saturated rings. The standard InChI is InChI=1S/C18H16FN5O2S/c1-11(25)13-6-8-15(9-7-13)20-17(26)12(2)27-18-21-22-23-24(18)16-5-3-4-14(19)10-16/h3-10,12H,1-2H3,(H,20,26)/t12-/m0/s1. The summed E-state index contributed by atoms with van der Waals surface area (Å²) < 4.78 is 14.8. The largest absolute Gasteiger partial charge is 0.325 e. The fourth-order valence-electron chi connectivity index (χ4n) is 2.27. The number of thioether (sulfide) groups is 1. The van der Waals surface area contributed by atoms with E-state index < -0.39 is 11.1 Å². The van der Waals surface area contributed by atoms with E-state index in [9.17, 15) is 14.0 Å². The molecule has 2 aromatic carbocycles. The van der Waals surface area contributed by atoms with Gasteiger partial charge in [-0.15, -0.1) is 5.10 Å². The van der Waals surface area contributed by atoms with E-state index in [4.69, 9.17) is 0 Å². The summed E-state index contributed by atoms with van der Waals surface area (Å²) in [5.74, 6) is -0.691. The zero-order chi connectivity index (χ0) is 19.4. The zero-order valence-corrected chi connectivity index (χ0v) is 15.4. The van der Waals surface area contributed by atoms with E-state index in [0.717, 1.165) is 11.8 Å². The number of halogens is 1. The van der Waals surface area contributed by atoms with E-state index >= 15 is 0 Å². The van der Waals surface area contributed by atoms with Crippen LogP contribution < -0.4 is 5.32 Å². The van der Waals surface area contributed by atoms with E-state index in [1.54, 1.807) is 43.3 Å². The number of aromatic nitrogens is 4. The highest BCUT2D eigenvalue weighted by Crippen LogP contribution is 2.24. The van der Waals surface area contributed by atoms with E-state index in [-0.39, 0.29) is 11.7 Å². The topological polar surface area (TPSA) is 89.8 Å². The lowest BCUT2D eigenvalue weighted by Gasteiger charge is -2.12. The van der Waals surface area contributed by atoms with Crippen molar-refractivity contribution in [3.8, 4) is 5.69 Å². The number of nitrogens with zero attached hydrogens (tertiary/aromatic N) is 4. The highest BCUT2D eigenvalue weighted by molar-refractivity contribution is 8.00. The first-order valence-corrected chi connectivity index (χ1v) is 8.95. The van der Waals surface area contributed by atoms with Crippen LogP contribution in [0.1, 0.15) is 24.2 Å². The number of anilines is 1. The number of nitrogens with one attached hydrogen (secondary N) is 1. The Balaban J connectivity index is 1.69. The third-order valence-electron chi connectivity index (χ3n) is 3.70. The second kappa shape index (κ2) is 8.09. The van der Waals surface area contributed by atoms with Crippen molar-refractivity contribution in [1.29, 1.82) is 0 Å². The van der Waals surface area contributed by atoms with Crippen LogP contribution in [-0.4, -0.2) is 37.1 Å². The number of tetrazole rings is 1. The number of carbonyl (C=O) groups is 2. The number of carbonyl (C=O) groups excluding carboxylic acids is 2. The molecule has 1 amide bonds. The van der Waals surface area contributed by atoms with Crippen molar-refractivity contribution in [2.75, 3.05) is 5.32 Å². The van der Waals surface area contributed by atoms with Gasteiger partial charge in [-0.1, -0.05) is 17.8 Å². The molecule has 0 aliphatic carbocycles. The van der Waals surface area contributed by atoms with Crippen LogP contribution >= 0.6 is 11.8 Å². The maximum Gasteiger partial charge on any atom is 0.237 e. The van der Waals surface area contributed by atoms with E-state index in [0.29, 0.717) is 22.1 Å². The van der Waals surface area contributed by atoms with E-state index in [2.05, 4.69) is 20.8 Å². The molecule has 0 aliphatic rings. The number of benzene rings is 2. The lowest BCUT2D eigenvalue weighted by Crippen LogP contribution is -2.23. The summed E-state index contributed by atoms with van der Waals surface area (Å²) in [5, 5.41) is 14.0. The van der Waals surface area contributed by atoms with Gasteiger partial charge in [0.15, 0.2) is 5.78 Å². The molecule has 9 heteroatoms. The maximum atomic E-state index is 13.4. The summed E-state index contributed by atoms with van der Waals surface area (Å²) in [4.78, 5) is 23.7. The van der Waals surface area contributed by atoms with Gasteiger partial charge in [-0.05, 0) is 66.7 Å². The Morgan fingerprint density at radius 1 is 1.19 bits per heavy atom. The van der Waals surface area contributed by atoms with Crippen molar-refractivity contribution >= 4 is 29.1 Å². The van der Waals surface area contributed by atoms with Gasteiger partial charge in [-0.25, -0.2) is 4.39 Å². The van der Waals surface area contributed by atoms with Crippen LogP contribution in [0.25, 0.3) is 5.69 Å². The van der Waals surface area contributed by atoms with Gasteiger partial charge in [-0.3, -0.25) is 9.59 Å². The Labute approximate surface area is 159 Å². The Hall–Kier alpha value is -3.07. The van der Waals surface area contributed by atoms with Crippen molar-refractivity contribution in [2.45, 2.75) is 24.3 Å². The molecule has 1 heterocycles. The predicted octanol–water partition coefficient (Wildman–Crippen LogP) is 3.12. The average Bonchev–Trinajstić information content (AvgIpc) is 3.10. The molecular weight excluding hydrogens is 369 g/mol. The first kappa shape index (κ1) is 18.7. The van der Waals surface area contributed by atoms with Crippen molar-refractivity contribution in [3.05, 3.63) is 59.9 Å². The second-order valence-corrected chi connectivity index (χ2v) is 7.04. The van der Waals surface area contributed by atoms with Crippen molar-refractivity contribution in [3.63, 3.8) is 0 Å². The number of hydrogen-bond acceptors (Lipinski definition) is 6. The molecular formula is C18H16FN5O2S. The average molecular weight is 385 g/mol. The molecule has 0 unspecified atom stereocenters. The molecule has 1 N–H and O–H groups in total. The van der Waals surface area contributed by atoms with Gasteiger partial charge in [0.2, 0.25) is 11.1 Å². The van der Waals surface area contributed by atoms with Crippen LogP contribution in [0.2, 0.25) is 0 Å². The summed E-state index contributed by atoms with van der Waals surface area (Å²) >= 11 is 1.15. The van der Waals surface area contributed by atoms with Crippen LogP contribution in [0.3, 0.4) is 0 Å². The summed E-state index contributed by atoms with van der Waals surface area (Å²) in [6.07, 6.45) is 0. The first-order chi connectivity index (χ1) is 12.9. The highest BCUT2D eigenvalue weighted by atomic mass is 32.2. The number of Topliss-reactive ketones (excluding diaryl/α,β-unsaturated/α-hetero) is 1. The van der Waals surface area contributed by atoms with E-state index in [1.807, 2.05) is 0 Å². The van der Waals surface area contributed by atoms with Gasteiger partial charge >= 0.3 is 0 Å². The molecule has 0 radical (unpaired) electrons. The minimum absolute atomic E-state index is 0.0408. The lowest BCUT2D eigenvalue weighted by molar-refractivity contribution is -0.115. The molecule has 3 aromatic rings. The fourth-order valence-corrected chi connectivity index (χ4v) is 3.07. The SMILES string of the molecule is CC(=O)c1ccc(NC(=O)[C@H](C)Sc2nnnn2-c2cccc(F)c2)cc1. The van der Waals surface area contributed by atoms with Crippen molar-refractivity contribution in [1.82, 2.24) is 20.2 Å². The first-order valence-electron chi connectivity index (χ1n) is 8.07. The molecule has 7 nitrogen and oxygen atoms in total. The van der Waals surface area contributed by atoms with Gasteiger partial charge in [0.1, 0.15) is 5.82 Å². The molecule has 0 bridgehead atoms. The normalized spacial score (nSPS) is 11.8. The van der Waals surface area contributed by atoms with Crippen molar-refractivity contribution < 1.29 is 14.0 Å². The molecule has 138 valence electrons. The quantitative estimate of drug-likeness (QED) is 0.518.